The van der Waals surface area contributed by atoms with Gasteiger partial charge in [0.1, 0.15) is 0 Å². The lowest BCUT2D eigenvalue weighted by Crippen LogP contribution is -2.29. The van der Waals surface area contributed by atoms with Gasteiger partial charge in [-0.05, 0) is 33.6 Å². The zero-order chi connectivity index (χ0) is 10.1. The molecule has 2 heteroatoms. The highest BCUT2D eigenvalue weighted by molar-refractivity contribution is 4.70. The van der Waals surface area contributed by atoms with E-state index >= 15 is 0 Å². The van der Waals surface area contributed by atoms with Crippen LogP contribution < -0.4 is 5.32 Å². The first kappa shape index (κ1) is 12.7. The van der Waals surface area contributed by atoms with E-state index in [-0.39, 0.29) is 0 Å². The normalized spacial score (nSPS) is 13.2. The van der Waals surface area contributed by atoms with E-state index in [2.05, 4.69) is 32.7 Å². The molecule has 0 radical (unpaired) electrons. The third-order valence-electron chi connectivity index (χ3n) is 1.85. The van der Waals surface area contributed by atoms with Gasteiger partial charge < -0.3 is 10.1 Å². The fourth-order valence-corrected chi connectivity index (χ4v) is 1.07. The van der Waals surface area contributed by atoms with Gasteiger partial charge in [-0.25, -0.2) is 0 Å². The minimum Gasteiger partial charge on any atom is -0.377 e. The van der Waals surface area contributed by atoms with Gasteiger partial charge in [-0.15, -0.1) is 6.58 Å². The summed E-state index contributed by atoms with van der Waals surface area (Å²) in [4.78, 5) is 0. The predicted molar refractivity (Wildman–Crippen MR) is 58.0 cm³/mol. The standard InChI is InChI=1S/C11H23NO/c1-5-6-7-11(4)12-8-9-13-10(2)3/h5,10-12H,1,6-9H2,2-4H3. The molecule has 0 heterocycles. The molecule has 0 aromatic rings. The second-order valence-electron chi connectivity index (χ2n) is 3.64. The fourth-order valence-electron chi connectivity index (χ4n) is 1.07. The van der Waals surface area contributed by atoms with Crippen LogP contribution in [0.15, 0.2) is 12.7 Å². The van der Waals surface area contributed by atoms with Crippen molar-refractivity contribution in [3.05, 3.63) is 12.7 Å². The van der Waals surface area contributed by atoms with E-state index in [1.54, 1.807) is 0 Å². The summed E-state index contributed by atoms with van der Waals surface area (Å²) in [6.45, 7) is 11.7. The monoisotopic (exact) mass is 185 g/mol. The fraction of sp³-hybridized carbons (Fsp3) is 0.818. The van der Waals surface area contributed by atoms with Crippen molar-refractivity contribution >= 4 is 0 Å². The average Bonchev–Trinajstić information content (AvgIpc) is 2.08. The van der Waals surface area contributed by atoms with Gasteiger partial charge in [0.25, 0.3) is 0 Å². The van der Waals surface area contributed by atoms with Crippen molar-refractivity contribution in [1.29, 1.82) is 0 Å². The number of hydrogen-bond acceptors (Lipinski definition) is 2. The second-order valence-corrected chi connectivity index (χ2v) is 3.64. The van der Waals surface area contributed by atoms with Crippen molar-refractivity contribution < 1.29 is 4.74 Å². The average molecular weight is 185 g/mol. The van der Waals surface area contributed by atoms with Crippen molar-refractivity contribution in [3.8, 4) is 0 Å². The molecule has 78 valence electrons. The maximum absolute atomic E-state index is 5.41. The molecule has 13 heavy (non-hydrogen) atoms. The van der Waals surface area contributed by atoms with Crippen LogP contribution >= 0.6 is 0 Å². The zero-order valence-corrected chi connectivity index (χ0v) is 9.18. The van der Waals surface area contributed by atoms with Crippen LogP contribution in [-0.4, -0.2) is 25.3 Å². The first-order chi connectivity index (χ1) is 6.16. The molecule has 0 saturated carbocycles. The summed E-state index contributed by atoms with van der Waals surface area (Å²) in [7, 11) is 0. The van der Waals surface area contributed by atoms with Crippen LogP contribution in [0.25, 0.3) is 0 Å². The topological polar surface area (TPSA) is 21.3 Å². The molecule has 0 saturated heterocycles. The Labute approximate surface area is 82.4 Å². The highest BCUT2D eigenvalue weighted by atomic mass is 16.5. The van der Waals surface area contributed by atoms with Crippen LogP contribution in [0, 0.1) is 0 Å². The van der Waals surface area contributed by atoms with E-state index in [4.69, 9.17) is 4.74 Å². The van der Waals surface area contributed by atoms with Gasteiger partial charge in [0.2, 0.25) is 0 Å². The summed E-state index contributed by atoms with van der Waals surface area (Å²) in [5, 5.41) is 3.40. The zero-order valence-electron chi connectivity index (χ0n) is 9.18. The summed E-state index contributed by atoms with van der Waals surface area (Å²) in [6, 6.07) is 0.564. The molecular formula is C11H23NO. The van der Waals surface area contributed by atoms with Crippen LogP contribution in [0.4, 0.5) is 0 Å². The molecular weight excluding hydrogens is 162 g/mol. The van der Waals surface area contributed by atoms with Crippen molar-refractivity contribution in [2.75, 3.05) is 13.2 Å². The van der Waals surface area contributed by atoms with Gasteiger partial charge in [-0.3, -0.25) is 0 Å². The Bertz CT molecular complexity index is 123. The molecule has 0 fully saturated rings. The molecule has 0 spiro atoms. The van der Waals surface area contributed by atoms with Gasteiger partial charge in [-0.1, -0.05) is 6.08 Å². The van der Waals surface area contributed by atoms with Crippen molar-refractivity contribution in [1.82, 2.24) is 5.32 Å². The Morgan fingerprint density at radius 3 is 2.62 bits per heavy atom. The minimum absolute atomic E-state index is 0.338. The maximum Gasteiger partial charge on any atom is 0.0594 e. The first-order valence-electron chi connectivity index (χ1n) is 5.12. The summed E-state index contributed by atoms with van der Waals surface area (Å²) in [6.07, 6.45) is 4.54. The van der Waals surface area contributed by atoms with Gasteiger partial charge >= 0.3 is 0 Å². The Hall–Kier alpha value is -0.340. The lowest BCUT2D eigenvalue weighted by Gasteiger charge is -2.13. The SMILES string of the molecule is C=CCCC(C)NCCOC(C)C. The van der Waals surface area contributed by atoms with Crippen LogP contribution in [0.1, 0.15) is 33.6 Å². The smallest absolute Gasteiger partial charge is 0.0594 e. The first-order valence-corrected chi connectivity index (χ1v) is 5.12. The van der Waals surface area contributed by atoms with Crippen LogP contribution in [0.3, 0.4) is 0 Å². The van der Waals surface area contributed by atoms with E-state index in [9.17, 15) is 0 Å². The molecule has 2 nitrogen and oxygen atoms in total. The lowest BCUT2D eigenvalue weighted by molar-refractivity contribution is 0.0795. The predicted octanol–water partition coefficient (Wildman–Crippen LogP) is 2.36. The Morgan fingerprint density at radius 2 is 2.08 bits per heavy atom. The van der Waals surface area contributed by atoms with Gasteiger partial charge in [0.05, 0.1) is 12.7 Å². The molecule has 0 amide bonds. The highest BCUT2D eigenvalue weighted by Gasteiger charge is 1.99. The molecule has 1 unspecified atom stereocenters. The Balaban J connectivity index is 3.16. The van der Waals surface area contributed by atoms with E-state index in [0.29, 0.717) is 12.1 Å². The van der Waals surface area contributed by atoms with Gasteiger partial charge in [0.15, 0.2) is 0 Å². The summed E-state index contributed by atoms with van der Waals surface area (Å²) >= 11 is 0. The highest BCUT2D eigenvalue weighted by Crippen LogP contribution is 1.96. The molecule has 0 aromatic heterocycles. The molecule has 1 N–H and O–H groups in total. The minimum atomic E-state index is 0.338. The summed E-state index contributed by atoms with van der Waals surface area (Å²) in [5.74, 6) is 0. The number of ether oxygens (including phenoxy) is 1. The van der Waals surface area contributed by atoms with Gasteiger partial charge in [-0.2, -0.15) is 0 Å². The van der Waals surface area contributed by atoms with E-state index < -0.39 is 0 Å². The molecule has 0 aliphatic heterocycles. The molecule has 0 aliphatic carbocycles. The quantitative estimate of drug-likeness (QED) is 0.463. The third-order valence-corrected chi connectivity index (χ3v) is 1.85. The maximum atomic E-state index is 5.41. The van der Waals surface area contributed by atoms with Crippen LogP contribution in [0.2, 0.25) is 0 Å². The van der Waals surface area contributed by atoms with Gasteiger partial charge in [0, 0.05) is 12.6 Å². The molecule has 0 rings (SSSR count). The Kier molecular flexibility index (Phi) is 8.05. The number of nitrogens with one attached hydrogen (secondary N) is 1. The number of rotatable bonds is 8. The number of hydrogen-bond donors (Lipinski definition) is 1. The Morgan fingerprint density at radius 1 is 1.38 bits per heavy atom. The third kappa shape index (κ3) is 9.57. The number of allylic oxidation sites excluding steroid dienone is 1. The molecule has 0 aromatic carbocycles. The lowest BCUT2D eigenvalue weighted by atomic mass is 10.2. The molecule has 0 bridgehead atoms. The summed E-state index contributed by atoms with van der Waals surface area (Å²) in [5.41, 5.74) is 0. The van der Waals surface area contributed by atoms with Crippen LogP contribution in [0.5, 0.6) is 0 Å². The van der Waals surface area contributed by atoms with E-state index in [0.717, 1.165) is 26.0 Å². The summed E-state index contributed by atoms with van der Waals surface area (Å²) < 4.78 is 5.41. The second kappa shape index (κ2) is 8.27. The van der Waals surface area contributed by atoms with E-state index in [1.165, 1.54) is 0 Å². The van der Waals surface area contributed by atoms with Crippen LogP contribution in [-0.2, 0) is 4.74 Å². The molecule has 1 atom stereocenters. The molecule has 0 aliphatic rings. The van der Waals surface area contributed by atoms with Crippen molar-refractivity contribution in [3.63, 3.8) is 0 Å². The van der Waals surface area contributed by atoms with Crippen molar-refractivity contribution in [2.45, 2.75) is 45.8 Å². The van der Waals surface area contributed by atoms with E-state index in [1.807, 2.05) is 6.08 Å². The largest absolute Gasteiger partial charge is 0.377 e. The van der Waals surface area contributed by atoms with Crippen molar-refractivity contribution in [2.24, 2.45) is 0 Å².